The van der Waals surface area contributed by atoms with Crippen LogP contribution in [-0.2, 0) is 11.3 Å². The molecule has 0 aliphatic carbocycles. The van der Waals surface area contributed by atoms with E-state index < -0.39 is 0 Å². The van der Waals surface area contributed by atoms with Gasteiger partial charge in [0.25, 0.3) is 0 Å². The highest BCUT2D eigenvalue weighted by Crippen LogP contribution is 2.24. The lowest BCUT2D eigenvalue weighted by Gasteiger charge is -2.04. The van der Waals surface area contributed by atoms with Crippen molar-refractivity contribution in [3.05, 3.63) is 71.6 Å². The molecule has 1 aromatic heterocycles. The van der Waals surface area contributed by atoms with Crippen LogP contribution in [0.3, 0.4) is 0 Å². The van der Waals surface area contributed by atoms with Gasteiger partial charge in [0.1, 0.15) is 0 Å². The van der Waals surface area contributed by atoms with Crippen molar-refractivity contribution in [1.29, 1.82) is 0 Å². The fourth-order valence-electron chi connectivity index (χ4n) is 2.15. The Morgan fingerprint density at radius 2 is 1.67 bits per heavy atom. The van der Waals surface area contributed by atoms with Gasteiger partial charge in [-0.3, -0.25) is 4.79 Å². The highest BCUT2D eigenvalue weighted by Gasteiger charge is 2.07. The minimum Gasteiger partial charge on any atom is -0.304 e. The Morgan fingerprint density at radius 3 is 2.38 bits per heavy atom. The average Bonchev–Trinajstić information content (AvgIpc) is 3.05. The molecule has 0 saturated carbocycles. The second kappa shape index (κ2) is 9.17. The standard InChI is InChI=1S/C18H17N3OS.ClH/c22-17(12-19-11-14-7-3-1-4-8-14)21-18-20-16(13-23-18)15-9-5-2-6-10-15;/h1-10,13,19H,11-12H2,(H,20,21,22);1H. The van der Waals surface area contributed by atoms with Crippen molar-refractivity contribution in [3.63, 3.8) is 0 Å². The summed E-state index contributed by atoms with van der Waals surface area (Å²) in [6.45, 7) is 0.927. The number of hydrogen-bond donors (Lipinski definition) is 2. The summed E-state index contributed by atoms with van der Waals surface area (Å²) in [6, 6.07) is 19.9. The quantitative estimate of drug-likeness (QED) is 0.700. The van der Waals surface area contributed by atoms with E-state index in [1.807, 2.05) is 66.0 Å². The van der Waals surface area contributed by atoms with E-state index in [4.69, 9.17) is 0 Å². The zero-order chi connectivity index (χ0) is 15.9. The van der Waals surface area contributed by atoms with E-state index in [2.05, 4.69) is 15.6 Å². The summed E-state index contributed by atoms with van der Waals surface area (Å²) in [4.78, 5) is 16.4. The highest BCUT2D eigenvalue weighted by atomic mass is 35.5. The second-order valence-electron chi connectivity index (χ2n) is 5.04. The highest BCUT2D eigenvalue weighted by molar-refractivity contribution is 7.14. The number of benzene rings is 2. The first-order chi connectivity index (χ1) is 11.3. The van der Waals surface area contributed by atoms with E-state index in [9.17, 15) is 4.79 Å². The fourth-order valence-corrected chi connectivity index (χ4v) is 2.89. The molecule has 1 heterocycles. The SMILES string of the molecule is Cl.O=C(CNCc1ccccc1)Nc1nc(-c2ccccc2)cs1. The summed E-state index contributed by atoms with van der Waals surface area (Å²) in [5, 5.41) is 8.52. The monoisotopic (exact) mass is 359 g/mol. The molecule has 0 aliphatic rings. The number of anilines is 1. The Kier molecular flexibility index (Phi) is 6.93. The predicted octanol–water partition coefficient (Wildman–Crippen LogP) is 3.96. The third-order valence-corrected chi connectivity index (χ3v) is 4.04. The van der Waals surface area contributed by atoms with Crippen molar-refractivity contribution < 1.29 is 4.79 Å². The van der Waals surface area contributed by atoms with Gasteiger partial charge < -0.3 is 10.6 Å². The maximum atomic E-state index is 11.9. The molecule has 0 aliphatic heterocycles. The number of hydrogen-bond acceptors (Lipinski definition) is 4. The summed E-state index contributed by atoms with van der Waals surface area (Å²) >= 11 is 1.43. The van der Waals surface area contributed by atoms with Crippen LogP contribution in [0.5, 0.6) is 0 Å². The number of halogens is 1. The minimum absolute atomic E-state index is 0. The van der Waals surface area contributed by atoms with Gasteiger partial charge in [-0.15, -0.1) is 23.7 Å². The Labute approximate surface area is 151 Å². The normalized spacial score (nSPS) is 10.0. The number of aromatic nitrogens is 1. The molecule has 24 heavy (non-hydrogen) atoms. The van der Waals surface area contributed by atoms with Crippen LogP contribution in [0.2, 0.25) is 0 Å². The maximum absolute atomic E-state index is 11.9. The lowest BCUT2D eigenvalue weighted by atomic mass is 10.2. The largest absolute Gasteiger partial charge is 0.304 e. The summed E-state index contributed by atoms with van der Waals surface area (Å²) in [5.74, 6) is -0.0881. The van der Waals surface area contributed by atoms with Gasteiger partial charge in [-0.1, -0.05) is 60.7 Å². The van der Waals surface area contributed by atoms with E-state index in [0.29, 0.717) is 11.7 Å². The molecule has 0 saturated heterocycles. The van der Waals surface area contributed by atoms with Crippen molar-refractivity contribution in [2.75, 3.05) is 11.9 Å². The summed E-state index contributed by atoms with van der Waals surface area (Å²) in [5.41, 5.74) is 3.08. The van der Waals surface area contributed by atoms with Crippen LogP contribution in [-0.4, -0.2) is 17.4 Å². The average molecular weight is 360 g/mol. The van der Waals surface area contributed by atoms with Crippen LogP contribution in [0.15, 0.2) is 66.0 Å². The third kappa shape index (κ3) is 5.16. The van der Waals surface area contributed by atoms with Gasteiger partial charge in [-0.05, 0) is 5.56 Å². The van der Waals surface area contributed by atoms with Crippen LogP contribution < -0.4 is 10.6 Å². The molecule has 0 spiro atoms. The van der Waals surface area contributed by atoms with Crippen molar-refractivity contribution in [2.24, 2.45) is 0 Å². The molecule has 2 aromatic carbocycles. The smallest absolute Gasteiger partial charge is 0.240 e. The van der Waals surface area contributed by atoms with E-state index >= 15 is 0 Å². The van der Waals surface area contributed by atoms with E-state index in [1.165, 1.54) is 11.3 Å². The molecule has 4 nitrogen and oxygen atoms in total. The van der Waals surface area contributed by atoms with Crippen LogP contribution in [0.25, 0.3) is 11.3 Å². The molecule has 0 unspecified atom stereocenters. The van der Waals surface area contributed by atoms with Crippen molar-refractivity contribution in [1.82, 2.24) is 10.3 Å². The maximum Gasteiger partial charge on any atom is 0.240 e. The van der Waals surface area contributed by atoms with Gasteiger partial charge in [-0.2, -0.15) is 0 Å². The molecular formula is C18H18ClN3OS. The summed E-state index contributed by atoms with van der Waals surface area (Å²) in [7, 11) is 0. The number of nitrogens with zero attached hydrogens (tertiary/aromatic N) is 1. The predicted molar refractivity (Wildman–Crippen MR) is 102 cm³/mol. The van der Waals surface area contributed by atoms with Crippen molar-refractivity contribution >= 4 is 34.8 Å². The van der Waals surface area contributed by atoms with Crippen LogP contribution in [0.4, 0.5) is 5.13 Å². The lowest BCUT2D eigenvalue weighted by molar-refractivity contribution is -0.115. The van der Waals surface area contributed by atoms with Crippen LogP contribution in [0, 0.1) is 0 Å². The first-order valence-corrected chi connectivity index (χ1v) is 8.25. The Balaban J connectivity index is 0.00000208. The number of carbonyl (C=O) groups is 1. The summed E-state index contributed by atoms with van der Waals surface area (Å²) in [6.07, 6.45) is 0. The molecular weight excluding hydrogens is 342 g/mol. The lowest BCUT2D eigenvalue weighted by Crippen LogP contribution is -2.27. The Morgan fingerprint density at radius 1 is 1.00 bits per heavy atom. The second-order valence-corrected chi connectivity index (χ2v) is 5.90. The molecule has 0 atom stereocenters. The molecule has 3 aromatic rings. The molecule has 0 radical (unpaired) electrons. The first-order valence-electron chi connectivity index (χ1n) is 7.37. The van der Waals surface area contributed by atoms with Gasteiger partial charge in [0.05, 0.1) is 12.2 Å². The molecule has 0 bridgehead atoms. The Bertz CT molecular complexity index is 762. The third-order valence-electron chi connectivity index (χ3n) is 3.28. The van der Waals surface area contributed by atoms with Gasteiger partial charge in [0, 0.05) is 17.5 Å². The number of rotatable bonds is 6. The molecule has 6 heteroatoms. The van der Waals surface area contributed by atoms with Gasteiger partial charge in [0.2, 0.25) is 5.91 Å². The fraction of sp³-hybridized carbons (Fsp3) is 0.111. The zero-order valence-electron chi connectivity index (χ0n) is 12.9. The number of nitrogens with one attached hydrogen (secondary N) is 2. The van der Waals surface area contributed by atoms with E-state index in [-0.39, 0.29) is 24.9 Å². The van der Waals surface area contributed by atoms with Crippen molar-refractivity contribution in [3.8, 4) is 11.3 Å². The van der Waals surface area contributed by atoms with Gasteiger partial charge >= 0.3 is 0 Å². The zero-order valence-corrected chi connectivity index (χ0v) is 14.6. The topological polar surface area (TPSA) is 54.0 Å². The van der Waals surface area contributed by atoms with Gasteiger partial charge in [0.15, 0.2) is 5.13 Å². The van der Waals surface area contributed by atoms with E-state index in [1.54, 1.807) is 0 Å². The number of thiazole rings is 1. The molecule has 1 amide bonds. The summed E-state index contributed by atoms with van der Waals surface area (Å²) < 4.78 is 0. The molecule has 124 valence electrons. The van der Waals surface area contributed by atoms with Gasteiger partial charge in [-0.25, -0.2) is 4.98 Å². The number of amides is 1. The minimum atomic E-state index is -0.0881. The first kappa shape index (κ1) is 18.1. The van der Waals surface area contributed by atoms with Crippen molar-refractivity contribution in [2.45, 2.75) is 6.54 Å². The molecule has 0 fully saturated rings. The van der Waals surface area contributed by atoms with Crippen LogP contribution >= 0.6 is 23.7 Å². The Hall–Kier alpha value is -2.21. The molecule has 3 rings (SSSR count). The van der Waals surface area contributed by atoms with Crippen LogP contribution in [0.1, 0.15) is 5.56 Å². The number of carbonyl (C=O) groups excluding carboxylic acids is 1. The molecule has 2 N–H and O–H groups in total. The van der Waals surface area contributed by atoms with E-state index in [0.717, 1.165) is 16.8 Å².